The summed E-state index contributed by atoms with van der Waals surface area (Å²) in [6.07, 6.45) is 1.23. The highest BCUT2D eigenvalue weighted by Gasteiger charge is 2.14. The molecular weight excluding hydrogens is 548 g/mol. The van der Waals surface area contributed by atoms with Gasteiger partial charge in [0, 0.05) is 56.6 Å². The Labute approximate surface area is 254 Å². The van der Waals surface area contributed by atoms with Crippen LogP contribution < -0.4 is 10.2 Å². The van der Waals surface area contributed by atoms with E-state index in [0.717, 1.165) is 27.6 Å². The monoisotopic (exact) mass is 580 g/mol. The molecule has 44 heavy (non-hydrogen) atoms. The number of carbonyl (C=O) groups excluding carboxylic acids is 1. The SMILES string of the molecule is O=C(CCn1c2ccccc2c2ccccc21)N/N=C\c1ccc(OC[C@H](O)Cn2c3ccccc3c3ccccc32)cc1. The molecule has 0 saturated heterocycles. The molecule has 0 aliphatic rings. The standard InChI is InChI=1S/C37H32N4O3/c42-27(24-41-35-15-7-3-11-31(35)32-12-4-8-16-36(32)41)25-44-28-19-17-26(18-20-28)23-38-39-37(43)21-22-40-33-13-5-1-9-29(33)30-10-2-6-14-34(30)40/h1-20,23,27,42H,21-22,24-25H2,(H,39,43)/b38-23-/t27-/m1/s1. The minimum Gasteiger partial charge on any atom is -0.491 e. The quantitative estimate of drug-likeness (QED) is 0.137. The number of hydrogen-bond donors (Lipinski definition) is 2. The summed E-state index contributed by atoms with van der Waals surface area (Å²) in [6, 6.07) is 40.4. The summed E-state index contributed by atoms with van der Waals surface area (Å²) in [4.78, 5) is 12.6. The predicted octanol–water partition coefficient (Wildman–Crippen LogP) is 6.88. The lowest BCUT2D eigenvalue weighted by Crippen LogP contribution is -2.23. The van der Waals surface area contributed by atoms with Gasteiger partial charge in [-0.15, -0.1) is 0 Å². The highest BCUT2D eigenvalue weighted by atomic mass is 16.5. The van der Waals surface area contributed by atoms with Crippen molar-refractivity contribution in [2.45, 2.75) is 25.6 Å². The van der Waals surface area contributed by atoms with Crippen molar-refractivity contribution in [1.82, 2.24) is 14.6 Å². The molecule has 7 heteroatoms. The average molecular weight is 581 g/mol. The minimum atomic E-state index is -0.687. The van der Waals surface area contributed by atoms with Gasteiger partial charge in [0.15, 0.2) is 0 Å². The molecule has 7 rings (SSSR count). The summed E-state index contributed by atoms with van der Waals surface area (Å²) in [6.45, 7) is 1.15. The van der Waals surface area contributed by atoms with Gasteiger partial charge in [0.05, 0.1) is 12.8 Å². The molecule has 0 aliphatic heterocycles. The molecular formula is C37H32N4O3. The number of aryl methyl sites for hydroxylation is 1. The summed E-state index contributed by atoms with van der Waals surface area (Å²) >= 11 is 0. The number of carbonyl (C=O) groups is 1. The van der Waals surface area contributed by atoms with Gasteiger partial charge in [-0.2, -0.15) is 5.10 Å². The van der Waals surface area contributed by atoms with E-state index in [0.29, 0.717) is 25.3 Å². The molecule has 0 radical (unpaired) electrons. The molecule has 2 aromatic heterocycles. The van der Waals surface area contributed by atoms with Crippen molar-refractivity contribution in [2.75, 3.05) is 6.61 Å². The maximum atomic E-state index is 12.6. The van der Waals surface area contributed by atoms with E-state index in [1.165, 1.54) is 21.5 Å². The number of hydrazone groups is 1. The summed E-state index contributed by atoms with van der Waals surface area (Å²) in [5.41, 5.74) is 7.89. The molecule has 0 spiro atoms. The second-order valence-electron chi connectivity index (χ2n) is 10.9. The number of nitrogens with zero attached hydrogens (tertiary/aromatic N) is 3. The van der Waals surface area contributed by atoms with Gasteiger partial charge in [0.2, 0.25) is 5.91 Å². The zero-order valence-electron chi connectivity index (χ0n) is 24.1. The summed E-state index contributed by atoms with van der Waals surface area (Å²) in [5, 5.41) is 19.7. The maximum absolute atomic E-state index is 12.6. The molecule has 0 fully saturated rings. The second-order valence-corrected chi connectivity index (χ2v) is 10.9. The van der Waals surface area contributed by atoms with Crippen LogP contribution in [0.5, 0.6) is 5.75 Å². The van der Waals surface area contributed by atoms with Crippen LogP contribution in [0.3, 0.4) is 0 Å². The Morgan fingerprint density at radius 3 is 1.70 bits per heavy atom. The Morgan fingerprint density at radius 1 is 0.705 bits per heavy atom. The van der Waals surface area contributed by atoms with E-state index in [1.807, 2.05) is 72.8 Å². The van der Waals surface area contributed by atoms with E-state index in [4.69, 9.17) is 4.74 Å². The van der Waals surface area contributed by atoms with Gasteiger partial charge in [-0.25, -0.2) is 5.43 Å². The Balaban J connectivity index is 0.921. The fraction of sp³-hybridized carbons (Fsp3) is 0.135. The molecule has 0 aliphatic carbocycles. The summed E-state index contributed by atoms with van der Waals surface area (Å²) in [7, 11) is 0. The molecule has 0 unspecified atom stereocenters. The van der Waals surface area contributed by atoms with E-state index in [2.05, 4.69) is 68.2 Å². The number of aliphatic hydroxyl groups is 1. The van der Waals surface area contributed by atoms with Crippen LogP contribution in [0.1, 0.15) is 12.0 Å². The van der Waals surface area contributed by atoms with Crippen molar-refractivity contribution in [3.63, 3.8) is 0 Å². The van der Waals surface area contributed by atoms with E-state index < -0.39 is 6.10 Å². The van der Waals surface area contributed by atoms with Gasteiger partial charge in [-0.3, -0.25) is 4.79 Å². The molecule has 7 aromatic rings. The number of aromatic nitrogens is 2. The molecule has 2 heterocycles. The van der Waals surface area contributed by atoms with Crippen LogP contribution in [0, 0.1) is 0 Å². The lowest BCUT2D eigenvalue weighted by Gasteiger charge is -2.15. The number of hydrogen-bond acceptors (Lipinski definition) is 4. The zero-order valence-corrected chi connectivity index (χ0v) is 24.1. The van der Waals surface area contributed by atoms with Crippen LogP contribution in [0.15, 0.2) is 126 Å². The first-order valence-electron chi connectivity index (χ1n) is 14.8. The molecule has 5 aromatic carbocycles. The fourth-order valence-corrected chi connectivity index (χ4v) is 6.00. The zero-order chi connectivity index (χ0) is 29.9. The molecule has 2 N–H and O–H groups in total. The average Bonchev–Trinajstić information content (AvgIpc) is 3.56. The Hall–Kier alpha value is -5.40. The summed E-state index contributed by atoms with van der Waals surface area (Å²) in [5.74, 6) is 0.499. The molecule has 218 valence electrons. The van der Waals surface area contributed by atoms with Crippen LogP contribution in [0.4, 0.5) is 0 Å². The lowest BCUT2D eigenvalue weighted by atomic mass is 10.2. The van der Waals surface area contributed by atoms with Crippen molar-refractivity contribution < 1.29 is 14.6 Å². The van der Waals surface area contributed by atoms with E-state index in [1.54, 1.807) is 6.21 Å². The van der Waals surface area contributed by atoms with Crippen LogP contribution in [0.25, 0.3) is 43.6 Å². The van der Waals surface area contributed by atoms with Crippen LogP contribution >= 0.6 is 0 Å². The van der Waals surface area contributed by atoms with Crippen molar-refractivity contribution in [3.05, 3.63) is 127 Å². The van der Waals surface area contributed by atoms with Crippen molar-refractivity contribution in [1.29, 1.82) is 0 Å². The smallest absolute Gasteiger partial charge is 0.241 e. The number of aliphatic hydroxyl groups excluding tert-OH is 1. The molecule has 0 saturated carbocycles. The maximum Gasteiger partial charge on any atom is 0.241 e. The topological polar surface area (TPSA) is 80.8 Å². The van der Waals surface area contributed by atoms with Gasteiger partial charge in [0.25, 0.3) is 0 Å². The normalized spacial score (nSPS) is 12.5. The molecule has 0 bridgehead atoms. The number of benzene rings is 5. The number of ether oxygens (including phenoxy) is 1. The van der Waals surface area contributed by atoms with Crippen molar-refractivity contribution in [2.24, 2.45) is 5.10 Å². The van der Waals surface area contributed by atoms with Crippen LogP contribution in [-0.2, 0) is 17.9 Å². The molecule has 7 nitrogen and oxygen atoms in total. The van der Waals surface area contributed by atoms with Gasteiger partial charge >= 0.3 is 0 Å². The van der Waals surface area contributed by atoms with Crippen molar-refractivity contribution in [3.8, 4) is 5.75 Å². The first-order valence-corrected chi connectivity index (χ1v) is 14.8. The van der Waals surface area contributed by atoms with E-state index >= 15 is 0 Å². The second kappa shape index (κ2) is 12.1. The predicted molar refractivity (Wildman–Crippen MR) is 177 cm³/mol. The van der Waals surface area contributed by atoms with Gasteiger partial charge in [-0.05, 0) is 54.1 Å². The number of nitrogens with one attached hydrogen (secondary N) is 1. The number of amides is 1. The molecule has 1 atom stereocenters. The van der Waals surface area contributed by atoms with Crippen LogP contribution in [-0.4, -0.2) is 39.1 Å². The number of rotatable bonds is 10. The Bertz CT molecular complexity index is 2020. The molecule has 1 amide bonds. The minimum absolute atomic E-state index is 0.152. The third-order valence-corrected chi connectivity index (χ3v) is 8.04. The van der Waals surface area contributed by atoms with Gasteiger partial charge in [0.1, 0.15) is 18.5 Å². The van der Waals surface area contributed by atoms with E-state index in [9.17, 15) is 9.90 Å². The van der Waals surface area contributed by atoms with Gasteiger partial charge in [-0.1, -0.05) is 72.8 Å². The number of fused-ring (bicyclic) bond motifs is 6. The first kappa shape index (κ1) is 27.4. The van der Waals surface area contributed by atoms with Gasteiger partial charge < -0.3 is 19.0 Å². The highest BCUT2D eigenvalue weighted by Crippen LogP contribution is 2.30. The largest absolute Gasteiger partial charge is 0.491 e. The third kappa shape index (κ3) is 5.41. The van der Waals surface area contributed by atoms with Crippen LogP contribution in [0.2, 0.25) is 0 Å². The fourth-order valence-electron chi connectivity index (χ4n) is 6.00. The Kier molecular flexibility index (Phi) is 7.53. The Morgan fingerprint density at radius 2 is 1.18 bits per heavy atom. The van der Waals surface area contributed by atoms with E-state index in [-0.39, 0.29) is 12.5 Å². The third-order valence-electron chi connectivity index (χ3n) is 8.04. The summed E-state index contributed by atoms with van der Waals surface area (Å²) < 4.78 is 10.2. The van der Waals surface area contributed by atoms with Crippen molar-refractivity contribution >= 4 is 55.7 Å². The highest BCUT2D eigenvalue weighted by molar-refractivity contribution is 6.08. The first-order chi connectivity index (χ1) is 21.7. The lowest BCUT2D eigenvalue weighted by molar-refractivity contribution is -0.121. The number of para-hydroxylation sites is 4.